The van der Waals surface area contributed by atoms with Crippen LogP contribution in [0, 0.1) is 30.1 Å². The van der Waals surface area contributed by atoms with Gasteiger partial charge in [0.15, 0.2) is 6.23 Å². The van der Waals surface area contributed by atoms with E-state index in [4.69, 9.17) is 27.1 Å². The minimum Gasteiger partial charge on any atom is -0.467 e. The lowest BCUT2D eigenvalue weighted by molar-refractivity contribution is -0.167. The monoisotopic (exact) mass is 391 g/mol. The van der Waals surface area contributed by atoms with Crippen LogP contribution in [-0.4, -0.2) is 47.9 Å². The quantitative estimate of drug-likeness (QED) is 0.393. The Kier molecular flexibility index (Phi) is 7.93. The van der Waals surface area contributed by atoms with Crippen LogP contribution in [0.15, 0.2) is 0 Å². The van der Waals surface area contributed by atoms with Crippen molar-refractivity contribution in [1.29, 1.82) is 0 Å². The van der Waals surface area contributed by atoms with Gasteiger partial charge in [-0.25, -0.2) is 9.59 Å². The molecule has 0 radical (unpaired) electrons. The zero-order valence-electron chi connectivity index (χ0n) is 17.2. The average Bonchev–Trinajstić information content (AvgIpc) is 2.90. The number of hydrogen-bond acceptors (Lipinski definition) is 6. The Bertz CT molecular complexity index is 660. The third-order valence-electron chi connectivity index (χ3n) is 4.60. The zero-order chi connectivity index (χ0) is 21.5. The predicted molar refractivity (Wildman–Crippen MR) is 103 cm³/mol. The number of nitrogens with zero attached hydrogens (tertiary/aromatic N) is 1. The topological polar surface area (TPSA) is 82.1 Å². The van der Waals surface area contributed by atoms with Crippen molar-refractivity contribution in [2.75, 3.05) is 7.11 Å². The number of terminal acetylenes is 2. The van der Waals surface area contributed by atoms with Crippen LogP contribution in [0.4, 0.5) is 4.79 Å². The molecule has 1 saturated heterocycles. The molecule has 0 aromatic rings. The highest BCUT2D eigenvalue weighted by Gasteiger charge is 2.58. The van der Waals surface area contributed by atoms with Gasteiger partial charge in [-0.05, 0) is 40.0 Å². The van der Waals surface area contributed by atoms with Crippen molar-refractivity contribution in [3.63, 3.8) is 0 Å². The molecule has 1 amide bonds. The summed E-state index contributed by atoms with van der Waals surface area (Å²) in [6.45, 7) is 6.36. The van der Waals surface area contributed by atoms with Crippen molar-refractivity contribution in [3.8, 4) is 24.7 Å². The van der Waals surface area contributed by atoms with Gasteiger partial charge in [-0.2, -0.15) is 0 Å². The van der Waals surface area contributed by atoms with E-state index in [1.807, 2.05) is 0 Å². The van der Waals surface area contributed by atoms with E-state index in [0.717, 1.165) is 4.90 Å². The lowest BCUT2D eigenvalue weighted by atomic mass is 9.75. The second kappa shape index (κ2) is 9.50. The Morgan fingerprint density at radius 2 is 1.68 bits per heavy atom. The Balaban J connectivity index is 3.47. The summed E-state index contributed by atoms with van der Waals surface area (Å²) in [5.41, 5.74) is -1.58. The van der Waals surface area contributed by atoms with Crippen molar-refractivity contribution in [1.82, 2.24) is 4.90 Å². The summed E-state index contributed by atoms with van der Waals surface area (Å²) in [6.07, 6.45) is 10.9. The molecule has 0 aromatic carbocycles. The van der Waals surface area contributed by atoms with E-state index in [-0.39, 0.29) is 6.42 Å². The first-order valence-electron chi connectivity index (χ1n) is 9.14. The van der Waals surface area contributed by atoms with Crippen LogP contribution in [0.2, 0.25) is 0 Å². The van der Waals surface area contributed by atoms with E-state index in [0.29, 0.717) is 25.7 Å². The molecule has 7 nitrogen and oxygen atoms in total. The number of carbonyl (C=O) groups excluding carboxylic acids is 3. The summed E-state index contributed by atoms with van der Waals surface area (Å²) in [7, 11) is 1.24. The molecule has 28 heavy (non-hydrogen) atoms. The minimum absolute atomic E-state index is 0.209. The Morgan fingerprint density at radius 3 is 2.07 bits per heavy atom. The van der Waals surface area contributed by atoms with E-state index in [2.05, 4.69) is 11.8 Å². The van der Waals surface area contributed by atoms with Crippen LogP contribution < -0.4 is 0 Å². The molecule has 1 rings (SSSR count). The van der Waals surface area contributed by atoms with Gasteiger partial charge in [0.05, 0.1) is 7.11 Å². The number of esters is 2. The van der Waals surface area contributed by atoms with Crippen molar-refractivity contribution in [3.05, 3.63) is 0 Å². The van der Waals surface area contributed by atoms with Crippen LogP contribution in [0.5, 0.6) is 0 Å². The molecular formula is C21H29NO6. The van der Waals surface area contributed by atoms with Crippen molar-refractivity contribution >= 4 is 18.0 Å². The molecule has 0 aromatic heterocycles. The van der Waals surface area contributed by atoms with E-state index in [1.54, 1.807) is 20.8 Å². The van der Waals surface area contributed by atoms with E-state index in [9.17, 15) is 14.4 Å². The van der Waals surface area contributed by atoms with Gasteiger partial charge in [0.25, 0.3) is 0 Å². The van der Waals surface area contributed by atoms with Crippen LogP contribution >= 0.6 is 0 Å². The Labute approximate surface area is 167 Å². The molecule has 1 fully saturated rings. The van der Waals surface area contributed by atoms with Gasteiger partial charge in [0, 0.05) is 25.2 Å². The zero-order valence-corrected chi connectivity index (χ0v) is 17.2. The van der Waals surface area contributed by atoms with Gasteiger partial charge in [0.2, 0.25) is 0 Å². The SMILES string of the molecule is C#CCCC1(CCC#C)C[C@@H](C(=O)OC)N(C(=O)OC(C)(C)C)C1OC(C)=O. The molecule has 0 spiro atoms. The first-order chi connectivity index (χ1) is 13.0. The summed E-state index contributed by atoms with van der Waals surface area (Å²) in [5.74, 6) is 3.93. The fourth-order valence-corrected chi connectivity index (χ4v) is 3.47. The van der Waals surface area contributed by atoms with Crippen molar-refractivity contribution in [2.24, 2.45) is 5.41 Å². The first kappa shape index (κ1) is 23.4. The highest BCUT2D eigenvalue weighted by Crippen LogP contribution is 2.49. The highest BCUT2D eigenvalue weighted by molar-refractivity contribution is 5.83. The summed E-state index contributed by atoms with van der Waals surface area (Å²) in [6, 6.07) is -0.972. The average molecular weight is 391 g/mol. The number of methoxy groups -OCH3 is 1. The molecule has 2 atom stereocenters. The predicted octanol–water partition coefficient (Wildman–Crippen LogP) is 2.87. The maximum atomic E-state index is 12.9. The molecule has 7 heteroatoms. The van der Waals surface area contributed by atoms with Crippen LogP contribution in [0.1, 0.15) is 59.8 Å². The van der Waals surface area contributed by atoms with Gasteiger partial charge < -0.3 is 14.2 Å². The Morgan fingerprint density at radius 1 is 1.14 bits per heavy atom. The molecule has 1 heterocycles. The molecule has 0 bridgehead atoms. The molecular weight excluding hydrogens is 362 g/mol. The smallest absolute Gasteiger partial charge is 0.413 e. The number of hydrogen-bond donors (Lipinski definition) is 0. The highest BCUT2D eigenvalue weighted by atomic mass is 16.6. The summed E-state index contributed by atoms with van der Waals surface area (Å²) < 4.78 is 15.9. The fraction of sp³-hybridized carbons (Fsp3) is 0.667. The maximum absolute atomic E-state index is 12.9. The van der Waals surface area contributed by atoms with Crippen LogP contribution in [-0.2, 0) is 23.8 Å². The number of likely N-dealkylation sites (tertiary alicyclic amines) is 1. The molecule has 1 unspecified atom stereocenters. The number of carbonyl (C=O) groups is 3. The van der Waals surface area contributed by atoms with Crippen LogP contribution in [0.3, 0.4) is 0 Å². The molecule has 0 N–H and O–H groups in total. The number of rotatable bonds is 6. The number of amides is 1. The van der Waals surface area contributed by atoms with Crippen molar-refractivity contribution < 1.29 is 28.6 Å². The lowest BCUT2D eigenvalue weighted by Crippen LogP contribution is -2.51. The van der Waals surface area contributed by atoms with Crippen LogP contribution in [0.25, 0.3) is 0 Å². The van der Waals surface area contributed by atoms with Gasteiger partial charge >= 0.3 is 18.0 Å². The largest absolute Gasteiger partial charge is 0.467 e. The van der Waals surface area contributed by atoms with Gasteiger partial charge in [-0.3, -0.25) is 9.69 Å². The van der Waals surface area contributed by atoms with Crippen molar-refractivity contribution in [2.45, 2.75) is 77.7 Å². The van der Waals surface area contributed by atoms with Gasteiger partial charge in [-0.15, -0.1) is 24.7 Å². The second-order valence-corrected chi connectivity index (χ2v) is 7.86. The first-order valence-corrected chi connectivity index (χ1v) is 9.14. The molecule has 1 aliphatic heterocycles. The van der Waals surface area contributed by atoms with Gasteiger partial charge in [-0.1, -0.05) is 0 Å². The third kappa shape index (κ3) is 5.66. The minimum atomic E-state index is -1.04. The maximum Gasteiger partial charge on any atom is 0.413 e. The van der Waals surface area contributed by atoms with Gasteiger partial charge in [0.1, 0.15) is 11.6 Å². The third-order valence-corrected chi connectivity index (χ3v) is 4.60. The summed E-state index contributed by atoms with van der Waals surface area (Å²) >= 11 is 0. The molecule has 1 aliphatic rings. The van der Waals surface area contributed by atoms with E-state index >= 15 is 0 Å². The fourth-order valence-electron chi connectivity index (χ4n) is 3.47. The Hall–Kier alpha value is -2.67. The molecule has 0 saturated carbocycles. The van der Waals surface area contributed by atoms with E-state index < -0.39 is 41.3 Å². The number of ether oxygens (including phenoxy) is 3. The second-order valence-electron chi connectivity index (χ2n) is 7.86. The molecule has 154 valence electrons. The lowest BCUT2D eigenvalue weighted by Gasteiger charge is -2.37. The molecule has 0 aliphatic carbocycles. The standard InChI is InChI=1S/C21H29NO6/c1-8-10-12-21(13-11-9-2)14-16(17(24)26-7)22(18(21)27-15(3)23)19(25)28-20(4,5)6/h1-2,16,18H,10-14H2,3-7H3/t16-,18?/m0/s1. The normalized spacial score (nSPS) is 20.6. The summed E-state index contributed by atoms with van der Waals surface area (Å²) in [4.78, 5) is 38.4. The van der Waals surface area contributed by atoms with E-state index in [1.165, 1.54) is 14.0 Å². The summed E-state index contributed by atoms with van der Waals surface area (Å²) in [5, 5.41) is 0.